The van der Waals surface area contributed by atoms with Gasteiger partial charge in [0.05, 0.1) is 6.07 Å². The second-order valence-electron chi connectivity index (χ2n) is 3.49. The molecule has 0 heterocycles. The van der Waals surface area contributed by atoms with Crippen molar-refractivity contribution >= 4 is 0 Å². The van der Waals surface area contributed by atoms with Gasteiger partial charge < -0.3 is 5.32 Å². The fourth-order valence-corrected chi connectivity index (χ4v) is 1.28. The van der Waals surface area contributed by atoms with Gasteiger partial charge in [-0.25, -0.2) is 0 Å². The highest BCUT2D eigenvalue weighted by Gasteiger charge is 2.07. The minimum atomic E-state index is 0.546. The molecule has 0 bridgehead atoms. The predicted octanol–water partition coefficient (Wildman–Crippen LogP) is 1.22. The molecule has 0 unspecified atom stereocenters. The minimum Gasteiger partial charge on any atom is -0.320 e. The van der Waals surface area contributed by atoms with Gasteiger partial charge in [-0.2, -0.15) is 5.26 Å². The lowest BCUT2D eigenvalue weighted by Crippen LogP contribution is -2.33. The molecule has 3 nitrogen and oxygen atoms in total. The molecule has 0 saturated carbocycles. The number of nitrogens with one attached hydrogen (secondary N) is 1. The molecule has 0 amide bonds. The van der Waals surface area contributed by atoms with Gasteiger partial charge in [-0.3, -0.25) is 4.90 Å². The van der Waals surface area contributed by atoms with Crippen LogP contribution in [0, 0.1) is 11.3 Å². The number of rotatable bonds is 7. The Morgan fingerprint density at radius 3 is 2.54 bits per heavy atom. The van der Waals surface area contributed by atoms with E-state index in [1.807, 2.05) is 7.05 Å². The Kier molecular flexibility index (Phi) is 7.66. The molecule has 0 aliphatic heterocycles. The average Bonchev–Trinajstić information content (AvgIpc) is 2.10. The van der Waals surface area contributed by atoms with Crippen LogP contribution in [0.25, 0.3) is 0 Å². The molecule has 13 heavy (non-hydrogen) atoms. The van der Waals surface area contributed by atoms with Crippen LogP contribution in [0.3, 0.4) is 0 Å². The van der Waals surface area contributed by atoms with Crippen molar-refractivity contribution < 1.29 is 0 Å². The predicted molar refractivity (Wildman–Crippen MR) is 55.5 cm³/mol. The highest BCUT2D eigenvalue weighted by Crippen LogP contribution is 2.00. The molecular weight excluding hydrogens is 162 g/mol. The topological polar surface area (TPSA) is 39.1 Å². The molecule has 0 aliphatic carbocycles. The number of hydrogen-bond donors (Lipinski definition) is 1. The maximum Gasteiger partial charge on any atom is 0.0635 e. The van der Waals surface area contributed by atoms with Crippen molar-refractivity contribution in [2.24, 2.45) is 0 Å². The van der Waals surface area contributed by atoms with Gasteiger partial charge in [0.15, 0.2) is 0 Å². The zero-order valence-corrected chi connectivity index (χ0v) is 9.01. The van der Waals surface area contributed by atoms with Gasteiger partial charge >= 0.3 is 0 Å². The Bertz CT molecular complexity index is 149. The normalized spacial score (nSPS) is 10.8. The molecule has 0 radical (unpaired) electrons. The van der Waals surface area contributed by atoms with Gasteiger partial charge in [-0.1, -0.05) is 0 Å². The first-order valence-corrected chi connectivity index (χ1v) is 4.98. The highest BCUT2D eigenvalue weighted by molar-refractivity contribution is 4.74. The summed E-state index contributed by atoms with van der Waals surface area (Å²) in [6, 6.07) is 2.73. The van der Waals surface area contributed by atoms with E-state index in [-0.39, 0.29) is 0 Å². The molecule has 0 aromatic heterocycles. The molecule has 0 atom stereocenters. The quantitative estimate of drug-likeness (QED) is 0.603. The third-order valence-electron chi connectivity index (χ3n) is 2.11. The summed E-state index contributed by atoms with van der Waals surface area (Å²) in [5.41, 5.74) is 0. The van der Waals surface area contributed by atoms with Crippen molar-refractivity contribution in [3.8, 4) is 6.07 Å². The van der Waals surface area contributed by atoms with Crippen LogP contribution < -0.4 is 5.32 Å². The largest absolute Gasteiger partial charge is 0.320 e. The highest BCUT2D eigenvalue weighted by atomic mass is 15.1. The van der Waals surface area contributed by atoms with E-state index in [2.05, 4.69) is 30.1 Å². The van der Waals surface area contributed by atoms with Crippen LogP contribution in [0.1, 0.15) is 26.7 Å². The van der Waals surface area contributed by atoms with Crippen LogP contribution in [-0.2, 0) is 0 Å². The number of nitrogens with zero attached hydrogens (tertiary/aromatic N) is 2. The first-order chi connectivity index (χ1) is 6.22. The summed E-state index contributed by atoms with van der Waals surface area (Å²) < 4.78 is 0. The fraction of sp³-hybridized carbons (Fsp3) is 0.900. The molecule has 0 rings (SSSR count). The maximum absolute atomic E-state index is 8.48. The zero-order chi connectivity index (χ0) is 10.1. The summed E-state index contributed by atoms with van der Waals surface area (Å²) in [6.07, 6.45) is 1.79. The molecule has 76 valence electrons. The standard InChI is InChI=1S/C10H21N3/c1-10(2)13(8-4-6-11)9-5-7-12-3/h10,12H,4-5,7-9H2,1-3H3. The van der Waals surface area contributed by atoms with Gasteiger partial charge in [0, 0.05) is 19.0 Å². The molecule has 0 saturated heterocycles. The summed E-state index contributed by atoms with van der Waals surface area (Å²) in [6.45, 7) is 7.39. The van der Waals surface area contributed by atoms with E-state index in [1.165, 1.54) is 0 Å². The van der Waals surface area contributed by atoms with Gasteiger partial charge in [0.25, 0.3) is 0 Å². The Hall–Kier alpha value is -0.590. The van der Waals surface area contributed by atoms with Crippen LogP contribution in [-0.4, -0.2) is 37.6 Å². The maximum atomic E-state index is 8.48. The minimum absolute atomic E-state index is 0.546. The van der Waals surface area contributed by atoms with Gasteiger partial charge in [-0.05, 0) is 40.4 Å². The Morgan fingerprint density at radius 1 is 1.38 bits per heavy atom. The van der Waals surface area contributed by atoms with Crippen LogP contribution in [0.5, 0.6) is 0 Å². The third-order valence-corrected chi connectivity index (χ3v) is 2.11. The second-order valence-corrected chi connectivity index (χ2v) is 3.49. The first kappa shape index (κ1) is 12.4. The third kappa shape index (κ3) is 6.56. The van der Waals surface area contributed by atoms with Gasteiger partial charge in [0.1, 0.15) is 0 Å². The summed E-state index contributed by atoms with van der Waals surface area (Å²) in [5, 5.41) is 11.6. The molecule has 0 spiro atoms. The van der Waals surface area contributed by atoms with Crippen molar-refractivity contribution in [2.45, 2.75) is 32.7 Å². The second kappa shape index (κ2) is 8.03. The lowest BCUT2D eigenvalue weighted by Gasteiger charge is -2.25. The van der Waals surface area contributed by atoms with E-state index in [0.717, 1.165) is 26.1 Å². The summed E-state index contributed by atoms with van der Waals surface area (Å²) in [4.78, 5) is 2.35. The number of hydrogen-bond acceptors (Lipinski definition) is 3. The van der Waals surface area contributed by atoms with Crippen molar-refractivity contribution in [3.05, 3.63) is 0 Å². The van der Waals surface area contributed by atoms with E-state index in [9.17, 15) is 0 Å². The Labute approximate surface area is 81.7 Å². The van der Waals surface area contributed by atoms with E-state index < -0.39 is 0 Å². The van der Waals surface area contributed by atoms with Crippen LogP contribution >= 0.6 is 0 Å². The van der Waals surface area contributed by atoms with E-state index >= 15 is 0 Å². The molecule has 0 aromatic carbocycles. The summed E-state index contributed by atoms with van der Waals surface area (Å²) in [7, 11) is 1.97. The zero-order valence-electron chi connectivity index (χ0n) is 9.01. The number of nitriles is 1. The Morgan fingerprint density at radius 2 is 2.08 bits per heavy atom. The Balaban J connectivity index is 3.62. The van der Waals surface area contributed by atoms with Crippen LogP contribution in [0.15, 0.2) is 0 Å². The van der Waals surface area contributed by atoms with Gasteiger partial charge in [0.2, 0.25) is 0 Å². The average molecular weight is 183 g/mol. The fourth-order valence-electron chi connectivity index (χ4n) is 1.28. The van der Waals surface area contributed by atoms with Crippen molar-refractivity contribution in [2.75, 3.05) is 26.7 Å². The first-order valence-electron chi connectivity index (χ1n) is 4.98. The molecule has 3 heteroatoms. The summed E-state index contributed by atoms with van der Waals surface area (Å²) in [5.74, 6) is 0. The van der Waals surface area contributed by atoms with Crippen LogP contribution in [0.4, 0.5) is 0 Å². The van der Waals surface area contributed by atoms with Gasteiger partial charge in [-0.15, -0.1) is 0 Å². The van der Waals surface area contributed by atoms with E-state index in [4.69, 9.17) is 5.26 Å². The molecule has 0 aromatic rings. The van der Waals surface area contributed by atoms with Crippen molar-refractivity contribution in [1.82, 2.24) is 10.2 Å². The molecular formula is C10H21N3. The van der Waals surface area contributed by atoms with E-state index in [1.54, 1.807) is 0 Å². The molecule has 0 aliphatic rings. The van der Waals surface area contributed by atoms with E-state index in [0.29, 0.717) is 12.5 Å². The summed E-state index contributed by atoms with van der Waals surface area (Å²) >= 11 is 0. The lowest BCUT2D eigenvalue weighted by atomic mass is 10.2. The molecule has 1 N–H and O–H groups in total. The van der Waals surface area contributed by atoms with Crippen molar-refractivity contribution in [1.29, 1.82) is 5.26 Å². The van der Waals surface area contributed by atoms with Crippen molar-refractivity contribution in [3.63, 3.8) is 0 Å². The molecule has 0 fully saturated rings. The smallest absolute Gasteiger partial charge is 0.0635 e. The van der Waals surface area contributed by atoms with Crippen LogP contribution in [0.2, 0.25) is 0 Å². The monoisotopic (exact) mass is 183 g/mol. The SMILES string of the molecule is CNCCCN(CCC#N)C(C)C. The lowest BCUT2D eigenvalue weighted by molar-refractivity contribution is 0.224.